The van der Waals surface area contributed by atoms with E-state index in [2.05, 4.69) is 6.08 Å². The minimum Gasteiger partial charge on any atom is -0.445 e. The Morgan fingerprint density at radius 1 is 0.972 bits per heavy atom. The van der Waals surface area contributed by atoms with Gasteiger partial charge in [-0.1, -0.05) is 48.5 Å². The third-order valence-corrected chi connectivity index (χ3v) is 6.19. The van der Waals surface area contributed by atoms with Crippen LogP contribution < -0.4 is 4.90 Å². The fraction of sp³-hybridized carbons (Fsp3) is 0.276. The van der Waals surface area contributed by atoms with Gasteiger partial charge in [-0.2, -0.15) is 0 Å². The molecular formula is C29H28N2O5. The van der Waals surface area contributed by atoms with Crippen molar-refractivity contribution < 1.29 is 23.9 Å². The summed E-state index contributed by atoms with van der Waals surface area (Å²) >= 11 is 0. The van der Waals surface area contributed by atoms with E-state index in [9.17, 15) is 14.4 Å². The van der Waals surface area contributed by atoms with Gasteiger partial charge >= 0.3 is 12.2 Å². The number of imide groups is 1. The standard InChI is InChI=1S/C29H28N2O5/c1-29(2,3)36-28(34)31-24-13-7-11-20-15-22(16-23(25(20)24)26(31)32)21-12-8-14-30(17-21)27(33)35-18-19-9-5-4-6-10-19/h4-7,9-13,15-16H,8,14,17-18H2,1-3H3. The van der Waals surface area contributed by atoms with Crippen molar-refractivity contribution in [3.8, 4) is 0 Å². The van der Waals surface area contributed by atoms with Gasteiger partial charge in [-0.05, 0) is 67.5 Å². The van der Waals surface area contributed by atoms with Gasteiger partial charge in [0, 0.05) is 18.5 Å². The Labute approximate surface area is 209 Å². The lowest BCUT2D eigenvalue weighted by molar-refractivity contribution is 0.0567. The van der Waals surface area contributed by atoms with Crippen molar-refractivity contribution in [1.29, 1.82) is 0 Å². The van der Waals surface area contributed by atoms with Gasteiger partial charge in [0.15, 0.2) is 0 Å². The van der Waals surface area contributed by atoms with E-state index >= 15 is 0 Å². The predicted molar refractivity (Wildman–Crippen MR) is 138 cm³/mol. The summed E-state index contributed by atoms with van der Waals surface area (Å²) < 4.78 is 11.0. The number of anilines is 1. The molecule has 5 rings (SSSR count). The third kappa shape index (κ3) is 4.56. The van der Waals surface area contributed by atoms with Crippen molar-refractivity contribution in [2.75, 3.05) is 18.0 Å². The summed E-state index contributed by atoms with van der Waals surface area (Å²) in [7, 11) is 0. The Kier molecular flexibility index (Phi) is 6.00. The largest absolute Gasteiger partial charge is 0.445 e. The molecule has 2 aliphatic rings. The van der Waals surface area contributed by atoms with E-state index in [1.807, 2.05) is 54.6 Å². The molecule has 0 saturated heterocycles. The molecule has 3 amide bonds. The zero-order valence-corrected chi connectivity index (χ0v) is 20.6. The fourth-order valence-corrected chi connectivity index (χ4v) is 4.59. The number of hydrogen-bond donors (Lipinski definition) is 0. The lowest BCUT2D eigenvalue weighted by Gasteiger charge is -2.27. The van der Waals surface area contributed by atoms with Gasteiger partial charge < -0.3 is 14.4 Å². The van der Waals surface area contributed by atoms with Crippen LogP contribution in [-0.2, 0) is 16.1 Å². The SMILES string of the molecule is CC(C)(C)OC(=O)N1C(=O)c2cc(C3=CCCN(C(=O)OCc4ccccc4)C3)cc3cccc1c23. The molecular weight excluding hydrogens is 456 g/mol. The Hall–Kier alpha value is -4.13. The second-order valence-corrected chi connectivity index (χ2v) is 10.00. The summed E-state index contributed by atoms with van der Waals surface area (Å²) in [6.07, 6.45) is 1.71. The lowest BCUT2D eigenvalue weighted by Crippen LogP contribution is -2.38. The second-order valence-electron chi connectivity index (χ2n) is 10.00. The third-order valence-electron chi connectivity index (χ3n) is 6.19. The van der Waals surface area contributed by atoms with Gasteiger partial charge in [0.25, 0.3) is 5.91 Å². The predicted octanol–water partition coefficient (Wildman–Crippen LogP) is 6.16. The molecule has 0 atom stereocenters. The zero-order valence-electron chi connectivity index (χ0n) is 20.6. The summed E-state index contributed by atoms with van der Waals surface area (Å²) in [5, 5.41) is 1.58. The van der Waals surface area contributed by atoms with Crippen LogP contribution in [0.1, 0.15) is 48.7 Å². The van der Waals surface area contributed by atoms with Gasteiger partial charge in [-0.15, -0.1) is 0 Å². The maximum Gasteiger partial charge on any atom is 0.422 e. The first-order valence-electron chi connectivity index (χ1n) is 12.0. The van der Waals surface area contributed by atoms with E-state index in [1.54, 1.807) is 31.7 Å². The minimum absolute atomic E-state index is 0.215. The number of nitrogens with zero attached hydrogens (tertiary/aromatic N) is 2. The Balaban J connectivity index is 1.38. The van der Waals surface area contributed by atoms with Crippen LogP contribution >= 0.6 is 0 Å². The van der Waals surface area contributed by atoms with Gasteiger partial charge in [0.1, 0.15) is 12.2 Å². The maximum absolute atomic E-state index is 13.4. The van der Waals surface area contributed by atoms with Crippen molar-refractivity contribution in [2.24, 2.45) is 0 Å². The fourth-order valence-electron chi connectivity index (χ4n) is 4.59. The molecule has 0 unspecified atom stereocenters. The maximum atomic E-state index is 13.4. The first-order chi connectivity index (χ1) is 17.2. The van der Waals surface area contributed by atoms with Crippen LogP contribution in [0.25, 0.3) is 16.3 Å². The van der Waals surface area contributed by atoms with Crippen LogP contribution in [-0.4, -0.2) is 41.7 Å². The Bertz CT molecular complexity index is 1390. The monoisotopic (exact) mass is 484 g/mol. The first-order valence-corrected chi connectivity index (χ1v) is 12.0. The zero-order chi connectivity index (χ0) is 25.4. The summed E-state index contributed by atoms with van der Waals surface area (Å²) in [6, 6.07) is 18.9. The molecule has 7 heteroatoms. The van der Waals surface area contributed by atoms with Crippen LogP contribution in [0.5, 0.6) is 0 Å². The lowest BCUT2D eigenvalue weighted by atomic mass is 9.95. The molecule has 0 radical (unpaired) electrons. The quantitative estimate of drug-likeness (QED) is 0.445. The number of carbonyl (C=O) groups excluding carboxylic acids is 3. The molecule has 3 aromatic carbocycles. The average molecular weight is 485 g/mol. The van der Waals surface area contributed by atoms with Gasteiger partial charge in [-0.3, -0.25) is 4.79 Å². The molecule has 0 aliphatic carbocycles. The summed E-state index contributed by atoms with van der Waals surface area (Å²) in [4.78, 5) is 41.7. The molecule has 0 N–H and O–H groups in total. The van der Waals surface area contributed by atoms with Crippen LogP contribution in [0.4, 0.5) is 15.3 Å². The van der Waals surface area contributed by atoms with Crippen molar-refractivity contribution in [3.63, 3.8) is 0 Å². The molecule has 36 heavy (non-hydrogen) atoms. The molecule has 2 aliphatic heterocycles. The van der Waals surface area contributed by atoms with Crippen LogP contribution in [0, 0.1) is 0 Å². The molecule has 184 valence electrons. The second kappa shape index (κ2) is 9.15. The number of amides is 3. The molecule has 0 saturated carbocycles. The van der Waals surface area contributed by atoms with E-state index in [1.165, 1.54) is 0 Å². The summed E-state index contributed by atoms with van der Waals surface area (Å²) in [6.45, 7) is 6.46. The highest BCUT2D eigenvalue weighted by atomic mass is 16.6. The molecule has 0 spiro atoms. The van der Waals surface area contributed by atoms with Crippen LogP contribution in [0.2, 0.25) is 0 Å². The Morgan fingerprint density at radius 3 is 2.50 bits per heavy atom. The number of ether oxygens (including phenoxy) is 2. The highest BCUT2D eigenvalue weighted by Gasteiger charge is 2.37. The van der Waals surface area contributed by atoms with Gasteiger partial charge in [0.2, 0.25) is 0 Å². The smallest absolute Gasteiger partial charge is 0.422 e. The van der Waals surface area contributed by atoms with Crippen LogP contribution in [0.15, 0.2) is 66.7 Å². The molecule has 7 nitrogen and oxygen atoms in total. The summed E-state index contributed by atoms with van der Waals surface area (Å²) in [5.74, 6) is -0.409. The van der Waals surface area contributed by atoms with E-state index in [4.69, 9.17) is 9.47 Å². The van der Waals surface area contributed by atoms with Crippen molar-refractivity contribution >= 4 is 40.1 Å². The number of benzene rings is 3. The highest BCUT2D eigenvalue weighted by molar-refractivity contribution is 6.33. The number of hydrogen-bond acceptors (Lipinski definition) is 5. The van der Waals surface area contributed by atoms with E-state index < -0.39 is 17.6 Å². The highest BCUT2D eigenvalue weighted by Crippen LogP contribution is 2.40. The van der Waals surface area contributed by atoms with Crippen LogP contribution in [0.3, 0.4) is 0 Å². The van der Waals surface area contributed by atoms with Crippen molar-refractivity contribution in [2.45, 2.75) is 39.4 Å². The normalized spacial score (nSPS) is 15.2. The Morgan fingerprint density at radius 2 is 1.75 bits per heavy atom. The molecule has 3 aromatic rings. The summed E-state index contributed by atoms with van der Waals surface area (Å²) in [5.41, 5.74) is 2.96. The van der Waals surface area contributed by atoms with E-state index in [0.717, 1.165) is 32.4 Å². The minimum atomic E-state index is -0.726. The average Bonchev–Trinajstić information content (AvgIpc) is 3.15. The van der Waals surface area contributed by atoms with E-state index in [-0.39, 0.29) is 12.7 Å². The first kappa shape index (κ1) is 23.6. The van der Waals surface area contributed by atoms with Gasteiger partial charge in [0.05, 0.1) is 11.3 Å². The number of carbonyl (C=O) groups is 3. The van der Waals surface area contributed by atoms with Crippen molar-refractivity contribution in [1.82, 2.24) is 4.90 Å². The topological polar surface area (TPSA) is 76.2 Å². The molecule has 0 fully saturated rings. The van der Waals surface area contributed by atoms with E-state index in [0.29, 0.717) is 30.8 Å². The number of rotatable bonds is 3. The molecule has 0 aromatic heterocycles. The molecule has 2 heterocycles. The van der Waals surface area contributed by atoms with Gasteiger partial charge in [-0.25, -0.2) is 14.5 Å². The molecule has 0 bridgehead atoms. The van der Waals surface area contributed by atoms with Crippen molar-refractivity contribution in [3.05, 3.63) is 83.4 Å².